The summed E-state index contributed by atoms with van der Waals surface area (Å²) in [6.45, 7) is 7.32. The van der Waals surface area contributed by atoms with Crippen molar-refractivity contribution in [3.63, 3.8) is 0 Å². The van der Waals surface area contributed by atoms with E-state index >= 15 is 0 Å². The standard InChI is InChI=1S/C17H29N3O2S/c1-15-6-7-16(23-15)14-20(11-5-13-21)17(22)18-8-12-19-9-3-2-4-10-19/h6-7,21H,2-5,8-14H2,1H3,(H,18,22). The van der Waals surface area contributed by atoms with Gasteiger partial charge in [-0.2, -0.15) is 0 Å². The minimum Gasteiger partial charge on any atom is -0.396 e. The molecule has 0 atom stereocenters. The molecule has 1 fully saturated rings. The molecule has 1 saturated heterocycles. The number of carbonyl (C=O) groups excluding carboxylic acids is 1. The number of nitrogens with zero attached hydrogens (tertiary/aromatic N) is 2. The van der Waals surface area contributed by atoms with E-state index in [1.807, 2.05) is 0 Å². The Morgan fingerprint density at radius 1 is 1.35 bits per heavy atom. The Kier molecular flexibility index (Phi) is 7.85. The van der Waals surface area contributed by atoms with Gasteiger partial charge in [-0.15, -0.1) is 11.3 Å². The first-order valence-electron chi connectivity index (χ1n) is 8.60. The molecule has 2 N–H and O–H groups in total. The van der Waals surface area contributed by atoms with Gasteiger partial charge < -0.3 is 20.2 Å². The number of rotatable bonds is 8. The molecular formula is C17H29N3O2S. The van der Waals surface area contributed by atoms with Crippen molar-refractivity contribution in [2.45, 2.75) is 39.2 Å². The van der Waals surface area contributed by atoms with Crippen molar-refractivity contribution in [1.82, 2.24) is 15.1 Å². The topological polar surface area (TPSA) is 55.8 Å². The third-order valence-corrected chi connectivity index (χ3v) is 5.15. The van der Waals surface area contributed by atoms with Gasteiger partial charge in [0, 0.05) is 36.0 Å². The molecule has 0 spiro atoms. The second-order valence-electron chi connectivity index (χ2n) is 6.15. The highest BCUT2D eigenvalue weighted by molar-refractivity contribution is 7.11. The highest BCUT2D eigenvalue weighted by Gasteiger charge is 2.15. The van der Waals surface area contributed by atoms with Crippen LogP contribution in [0.1, 0.15) is 35.4 Å². The minimum atomic E-state index is -0.0264. The predicted molar refractivity (Wildman–Crippen MR) is 94.9 cm³/mol. The Morgan fingerprint density at radius 3 is 2.78 bits per heavy atom. The lowest BCUT2D eigenvalue weighted by molar-refractivity contribution is 0.182. The molecule has 2 heterocycles. The van der Waals surface area contributed by atoms with E-state index in [9.17, 15) is 4.79 Å². The molecular weight excluding hydrogens is 310 g/mol. The summed E-state index contributed by atoms with van der Waals surface area (Å²) >= 11 is 1.72. The molecule has 5 nitrogen and oxygen atoms in total. The van der Waals surface area contributed by atoms with E-state index in [1.54, 1.807) is 16.2 Å². The zero-order chi connectivity index (χ0) is 16.5. The molecule has 0 bridgehead atoms. The number of aryl methyl sites for hydroxylation is 1. The maximum atomic E-state index is 12.4. The fraction of sp³-hybridized carbons (Fsp3) is 0.706. The summed E-state index contributed by atoms with van der Waals surface area (Å²) in [5.74, 6) is 0. The number of hydrogen-bond acceptors (Lipinski definition) is 4. The number of likely N-dealkylation sites (tertiary alicyclic amines) is 1. The van der Waals surface area contributed by atoms with Crippen LogP contribution in [0, 0.1) is 6.92 Å². The molecule has 1 aromatic heterocycles. The summed E-state index contributed by atoms with van der Waals surface area (Å²) in [6.07, 6.45) is 4.49. The molecule has 0 saturated carbocycles. The van der Waals surface area contributed by atoms with Gasteiger partial charge in [0.2, 0.25) is 0 Å². The van der Waals surface area contributed by atoms with Gasteiger partial charge in [-0.05, 0) is 51.4 Å². The maximum absolute atomic E-state index is 12.4. The van der Waals surface area contributed by atoms with Crippen molar-refractivity contribution in [3.05, 3.63) is 21.9 Å². The lowest BCUT2D eigenvalue weighted by Crippen LogP contribution is -2.44. The quantitative estimate of drug-likeness (QED) is 0.765. The lowest BCUT2D eigenvalue weighted by atomic mass is 10.1. The van der Waals surface area contributed by atoms with E-state index in [-0.39, 0.29) is 12.6 Å². The highest BCUT2D eigenvalue weighted by atomic mass is 32.1. The van der Waals surface area contributed by atoms with Crippen LogP contribution in [0.5, 0.6) is 0 Å². The number of urea groups is 1. The molecule has 0 radical (unpaired) electrons. The Bertz CT molecular complexity index is 472. The van der Waals surface area contributed by atoms with Crippen molar-refractivity contribution in [2.75, 3.05) is 39.3 Å². The van der Waals surface area contributed by atoms with Gasteiger partial charge in [0.25, 0.3) is 0 Å². The number of aliphatic hydroxyl groups is 1. The van der Waals surface area contributed by atoms with E-state index in [1.165, 1.54) is 29.0 Å². The third kappa shape index (κ3) is 6.49. The lowest BCUT2D eigenvalue weighted by Gasteiger charge is -2.27. The van der Waals surface area contributed by atoms with Crippen LogP contribution < -0.4 is 5.32 Å². The molecule has 1 aromatic rings. The molecule has 0 aromatic carbocycles. The number of amides is 2. The van der Waals surface area contributed by atoms with Crippen molar-refractivity contribution < 1.29 is 9.90 Å². The second kappa shape index (κ2) is 9.90. The van der Waals surface area contributed by atoms with Crippen LogP contribution in [-0.4, -0.2) is 60.3 Å². The van der Waals surface area contributed by atoms with Crippen molar-refractivity contribution in [1.29, 1.82) is 0 Å². The molecule has 0 unspecified atom stereocenters. The third-order valence-electron chi connectivity index (χ3n) is 4.17. The summed E-state index contributed by atoms with van der Waals surface area (Å²) in [4.78, 5) is 19.1. The maximum Gasteiger partial charge on any atom is 0.317 e. The van der Waals surface area contributed by atoms with Gasteiger partial charge in [0.05, 0.1) is 6.54 Å². The number of hydrogen-bond donors (Lipinski definition) is 2. The summed E-state index contributed by atoms with van der Waals surface area (Å²) in [7, 11) is 0. The van der Waals surface area contributed by atoms with E-state index in [2.05, 4.69) is 29.3 Å². The van der Waals surface area contributed by atoms with Gasteiger partial charge in [0.1, 0.15) is 0 Å². The van der Waals surface area contributed by atoms with E-state index in [4.69, 9.17) is 5.11 Å². The van der Waals surface area contributed by atoms with Crippen LogP contribution in [0.15, 0.2) is 12.1 Å². The van der Waals surface area contributed by atoms with Crippen LogP contribution in [0.4, 0.5) is 4.79 Å². The molecule has 23 heavy (non-hydrogen) atoms. The number of piperidine rings is 1. The largest absolute Gasteiger partial charge is 0.396 e. The number of thiophene rings is 1. The Hall–Kier alpha value is -1.11. The van der Waals surface area contributed by atoms with Gasteiger partial charge in [-0.1, -0.05) is 6.42 Å². The van der Waals surface area contributed by atoms with E-state index < -0.39 is 0 Å². The van der Waals surface area contributed by atoms with Gasteiger partial charge >= 0.3 is 6.03 Å². The summed E-state index contributed by atoms with van der Waals surface area (Å²) in [5, 5.41) is 12.1. The predicted octanol–water partition coefficient (Wildman–Crippen LogP) is 2.44. The Balaban J connectivity index is 1.78. The van der Waals surface area contributed by atoms with Crippen molar-refractivity contribution in [2.24, 2.45) is 0 Å². The Morgan fingerprint density at radius 2 is 2.13 bits per heavy atom. The second-order valence-corrected chi connectivity index (χ2v) is 7.52. The average Bonchev–Trinajstić information content (AvgIpc) is 2.97. The summed E-state index contributed by atoms with van der Waals surface area (Å²) in [5.41, 5.74) is 0. The zero-order valence-electron chi connectivity index (χ0n) is 14.1. The molecule has 2 amide bonds. The van der Waals surface area contributed by atoms with Crippen LogP contribution in [0.25, 0.3) is 0 Å². The fourth-order valence-corrected chi connectivity index (χ4v) is 3.79. The molecule has 2 rings (SSSR count). The van der Waals surface area contributed by atoms with Gasteiger partial charge in [0.15, 0.2) is 0 Å². The zero-order valence-corrected chi connectivity index (χ0v) is 14.9. The van der Waals surface area contributed by atoms with Crippen LogP contribution in [-0.2, 0) is 6.54 Å². The minimum absolute atomic E-state index is 0.0264. The first-order chi connectivity index (χ1) is 11.2. The SMILES string of the molecule is Cc1ccc(CN(CCCO)C(=O)NCCN2CCCCC2)s1. The van der Waals surface area contributed by atoms with Gasteiger partial charge in [-0.3, -0.25) is 0 Å². The average molecular weight is 340 g/mol. The summed E-state index contributed by atoms with van der Waals surface area (Å²) in [6, 6.07) is 4.13. The summed E-state index contributed by atoms with van der Waals surface area (Å²) < 4.78 is 0. The van der Waals surface area contributed by atoms with Crippen molar-refractivity contribution >= 4 is 17.4 Å². The molecule has 0 aliphatic carbocycles. The molecule has 1 aliphatic heterocycles. The van der Waals surface area contributed by atoms with Crippen LogP contribution in [0.2, 0.25) is 0 Å². The van der Waals surface area contributed by atoms with Crippen LogP contribution in [0.3, 0.4) is 0 Å². The smallest absolute Gasteiger partial charge is 0.317 e. The van der Waals surface area contributed by atoms with E-state index in [0.717, 1.165) is 19.6 Å². The fourth-order valence-electron chi connectivity index (χ4n) is 2.89. The number of nitrogens with one attached hydrogen (secondary N) is 1. The Labute approximate surface area is 143 Å². The first-order valence-corrected chi connectivity index (χ1v) is 9.42. The monoisotopic (exact) mass is 339 g/mol. The van der Waals surface area contributed by atoms with Crippen molar-refractivity contribution in [3.8, 4) is 0 Å². The molecule has 130 valence electrons. The highest BCUT2D eigenvalue weighted by Crippen LogP contribution is 2.17. The molecule has 6 heteroatoms. The first kappa shape index (κ1) is 18.2. The van der Waals surface area contributed by atoms with E-state index in [0.29, 0.717) is 26.1 Å². The normalized spacial score (nSPS) is 15.6. The number of aliphatic hydroxyl groups excluding tert-OH is 1. The molecule has 1 aliphatic rings. The van der Waals surface area contributed by atoms with Gasteiger partial charge in [-0.25, -0.2) is 4.79 Å². The van der Waals surface area contributed by atoms with Crippen LogP contribution >= 0.6 is 11.3 Å². The number of carbonyl (C=O) groups is 1.